The minimum atomic E-state index is -3.55. The second kappa shape index (κ2) is 8.50. The third-order valence-electron chi connectivity index (χ3n) is 5.03. The van der Waals surface area contributed by atoms with E-state index in [0.29, 0.717) is 40.2 Å². The zero-order valence-corrected chi connectivity index (χ0v) is 18.6. The van der Waals surface area contributed by atoms with Crippen LogP contribution < -0.4 is 10.9 Å². The van der Waals surface area contributed by atoms with Gasteiger partial charge in [-0.2, -0.15) is 4.31 Å². The maximum atomic E-state index is 12.8. The number of carbonyl (C=O) groups excluding carboxylic acids is 1. The number of hydrogen-bond donors (Lipinski definition) is 2. The minimum Gasteiger partial charge on any atom is -0.273 e. The van der Waals surface area contributed by atoms with Gasteiger partial charge in [-0.25, -0.2) is 13.4 Å². The summed E-state index contributed by atoms with van der Waals surface area (Å²) >= 11 is 7.49. The first-order chi connectivity index (χ1) is 14.3. The number of piperidine rings is 1. The maximum Gasteiger partial charge on any atom is 0.269 e. The molecule has 1 aliphatic heterocycles. The first-order valence-electron chi connectivity index (χ1n) is 9.56. The molecule has 1 aromatic heterocycles. The Morgan fingerprint density at radius 1 is 1.23 bits per heavy atom. The van der Waals surface area contributed by atoms with Crippen LogP contribution in [-0.2, 0) is 10.0 Å². The van der Waals surface area contributed by atoms with Crippen molar-refractivity contribution in [3.8, 4) is 0 Å². The topological polar surface area (TPSA) is 91.4 Å². The predicted octanol–water partition coefficient (Wildman–Crippen LogP) is 4.13. The lowest BCUT2D eigenvalue weighted by Crippen LogP contribution is -2.39. The summed E-state index contributed by atoms with van der Waals surface area (Å²) in [6, 6.07) is 11.5. The highest BCUT2D eigenvalue weighted by Crippen LogP contribution is 2.30. The van der Waals surface area contributed by atoms with Gasteiger partial charge in [0.1, 0.15) is 5.52 Å². The van der Waals surface area contributed by atoms with E-state index in [9.17, 15) is 13.2 Å². The Hall–Kier alpha value is -2.20. The van der Waals surface area contributed by atoms with Crippen molar-refractivity contribution in [3.63, 3.8) is 0 Å². The van der Waals surface area contributed by atoms with Crippen molar-refractivity contribution in [3.05, 3.63) is 53.1 Å². The molecule has 0 spiro atoms. The molecule has 0 aliphatic carbocycles. The van der Waals surface area contributed by atoms with Gasteiger partial charge in [0, 0.05) is 18.7 Å². The number of thiazole rings is 1. The molecule has 2 heterocycles. The number of hydrazine groups is 1. The number of hydrogen-bond acceptors (Lipinski definition) is 6. The summed E-state index contributed by atoms with van der Waals surface area (Å²) in [6.45, 7) is 3.12. The smallest absolute Gasteiger partial charge is 0.269 e. The fraction of sp³-hybridized carbons (Fsp3) is 0.300. The van der Waals surface area contributed by atoms with Gasteiger partial charge in [-0.15, -0.1) is 0 Å². The summed E-state index contributed by atoms with van der Waals surface area (Å²) in [7, 11) is -3.55. The van der Waals surface area contributed by atoms with Crippen molar-refractivity contribution < 1.29 is 13.2 Å². The Labute approximate surface area is 184 Å². The van der Waals surface area contributed by atoms with Crippen LogP contribution in [-0.4, -0.2) is 36.7 Å². The molecule has 2 N–H and O–H groups in total. The normalized spacial score (nSPS) is 17.7. The van der Waals surface area contributed by atoms with E-state index in [2.05, 4.69) is 22.8 Å². The standard InChI is InChI=1S/C20H21ClN4O3S2/c1-13-4-3-11-25(12-13)30(27,28)15-9-7-14(8-10-15)19(26)23-24-20-22-18-16(21)5-2-6-17(18)29-20/h2,5-10,13H,3-4,11-12H2,1H3,(H,22,24)(H,23,26). The molecule has 0 saturated carbocycles. The number of nitrogens with one attached hydrogen (secondary N) is 2. The average molecular weight is 465 g/mol. The van der Waals surface area contributed by atoms with Crippen LogP contribution in [0.4, 0.5) is 5.13 Å². The van der Waals surface area contributed by atoms with E-state index in [4.69, 9.17) is 11.6 Å². The highest BCUT2D eigenvalue weighted by atomic mass is 35.5. The predicted molar refractivity (Wildman–Crippen MR) is 119 cm³/mol. The van der Waals surface area contributed by atoms with Gasteiger partial charge in [-0.3, -0.25) is 15.6 Å². The minimum absolute atomic E-state index is 0.196. The van der Waals surface area contributed by atoms with E-state index in [1.165, 1.54) is 39.9 Å². The second-order valence-corrected chi connectivity index (χ2v) is 10.7. The van der Waals surface area contributed by atoms with Gasteiger partial charge in [0.25, 0.3) is 5.91 Å². The van der Waals surface area contributed by atoms with Gasteiger partial charge >= 0.3 is 0 Å². The van der Waals surface area contributed by atoms with Crippen LogP contribution >= 0.6 is 22.9 Å². The van der Waals surface area contributed by atoms with Crippen LogP contribution in [0.3, 0.4) is 0 Å². The zero-order valence-electron chi connectivity index (χ0n) is 16.3. The Bertz CT molecular complexity index is 1180. The highest BCUT2D eigenvalue weighted by molar-refractivity contribution is 7.89. The molecule has 1 amide bonds. The van der Waals surface area contributed by atoms with Crippen LogP contribution in [0.5, 0.6) is 0 Å². The van der Waals surface area contributed by atoms with Gasteiger partial charge in [-0.1, -0.05) is 35.9 Å². The first-order valence-corrected chi connectivity index (χ1v) is 12.2. The van der Waals surface area contributed by atoms with Crippen LogP contribution in [0.15, 0.2) is 47.4 Å². The zero-order chi connectivity index (χ0) is 21.3. The van der Waals surface area contributed by atoms with Gasteiger partial charge in [0.15, 0.2) is 0 Å². The summed E-state index contributed by atoms with van der Waals surface area (Å²) in [5.74, 6) is -0.0436. The van der Waals surface area contributed by atoms with E-state index < -0.39 is 15.9 Å². The Kier molecular flexibility index (Phi) is 5.97. The highest BCUT2D eigenvalue weighted by Gasteiger charge is 2.28. The first kappa shape index (κ1) is 21.0. The molecule has 10 heteroatoms. The number of benzene rings is 2. The monoisotopic (exact) mass is 464 g/mol. The fourth-order valence-corrected chi connectivity index (χ4v) is 6.16. The number of carbonyl (C=O) groups is 1. The van der Waals surface area contributed by atoms with E-state index >= 15 is 0 Å². The molecule has 4 rings (SSSR count). The summed E-state index contributed by atoms with van der Waals surface area (Å²) in [4.78, 5) is 17.0. The number of nitrogens with zero attached hydrogens (tertiary/aromatic N) is 2. The summed E-state index contributed by atoms with van der Waals surface area (Å²) in [5.41, 5.74) is 6.37. The van der Waals surface area contributed by atoms with Crippen LogP contribution in [0.25, 0.3) is 10.2 Å². The second-order valence-electron chi connectivity index (χ2n) is 7.32. The number of rotatable bonds is 5. The molecular weight excluding hydrogens is 444 g/mol. The van der Waals surface area contributed by atoms with Gasteiger partial charge in [0.05, 0.1) is 14.6 Å². The molecule has 1 fully saturated rings. The molecule has 0 radical (unpaired) electrons. The SMILES string of the molecule is CC1CCCN(S(=O)(=O)c2ccc(C(=O)NNc3nc4c(Cl)cccc4s3)cc2)C1. The molecule has 1 unspecified atom stereocenters. The number of halogens is 1. The van der Waals surface area contributed by atoms with Gasteiger partial charge in [0.2, 0.25) is 15.2 Å². The van der Waals surface area contributed by atoms with Gasteiger partial charge in [-0.05, 0) is 55.2 Å². The fourth-order valence-electron chi connectivity index (χ4n) is 3.44. The van der Waals surface area contributed by atoms with Crippen molar-refractivity contribution in [2.45, 2.75) is 24.7 Å². The molecule has 1 saturated heterocycles. The number of amides is 1. The lowest BCUT2D eigenvalue weighted by atomic mass is 10.0. The Morgan fingerprint density at radius 3 is 2.70 bits per heavy atom. The lowest BCUT2D eigenvalue weighted by molar-refractivity contribution is 0.0962. The Balaban J connectivity index is 1.43. The van der Waals surface area contributed by atoms with Crippen LogP contribution in [0.1, 0.15) is 30.1 Å². The van der Waals surface area contributed by atoms with E-state index in [1.807, 2.05) is 12.1 Å². The van der Waals surface area contributed by atoms with Crippen LogP contribution in [0.2, 0.25) is 5.02 Å². The molecule has 158 valence electrons. The largest absolute Gasteiger partial charge is 0.273 e. The van der Waals surface area contributed by atoms with Crippen molar-refractivity contribution in [2.24, 2.45) is 5.92 Å². The molecular formula is C20H21ClN4O3S2. The molecule has 7 nitrogen and oxygen atoms in total. The summed E-state index contributed by atoms with van der Waals surface area (Å²) < 4.78 is 28.1. The number of anilines is 1. The third-order valence-corrected chi connectivity index (χ3v) is 8.15. The molecule has 1 aliphatic rings. The number of aromatic nitrogens is 1. The molecule has 2 aromatic carbocycles. The maximum absolute atomic E-state index is 12.8. The number of sulfonamides is 1. The van der Waals surface area contributed by atoms with E-state index in [0.717, 1.165) is 17.5 Å². The lowest BCUT2D eigenvalue weighted by Gasteiger charge is -2.30. The summed E-state index contributed by atoms with van der Waals surface area (Å²) in [6.07, 6.45) is 1.91. The number of fused-ring (bicyclic) bond motifs is 1. The van der Waals surface area contributed by atoms with Crippen molar-refractivity contribution in [1.82, 2.24) is 14.7 Å². The quantitative estimate of drug-likeness (QED) is 0.554. The number of para-hydroxylation sites is 1. The summed E-state index contributed by atoms with van der Waals surface area (Å²) in [5, 5.41) is 1.05. The van der Waals surface area contributed by atoms with Crippen molar-refractivity contribution >= 4 is 54.2 Å². The van der Waals surface area contributed by atoms with E-state index in [1.54, 1.807) is 6.07 Å². The average Bonchev–Trinajstić information content (AvgIpc) is 3.17. The van der Waals surface area contributed by atoms with Crippen molar-refractivity contribution in [2.75, 3.05) is 18.5 Å². The van der Waals surface area contributed by atoms with Crippen molar-refractivity contribution in [1.29, 1.82) is 0 Å². The molecule has 0 bridgehead atoms. The molecule has 1 atom stereocenters. The molecule has 3 aromatic rings. The Morgan fingerprint density at radius 2 is 2.00 bits per heavy atom. The van der Waals surface area contributed by atoms with Crippen LogP contribution in [0, 0.1) is 5.92 Å². The van der Waals surface area contributed by atoms with E-state index in [-0.39, 0.29) is 4.90 Å². The third kappa shape index (κ3) is 4.29. The van der Waals surface area contributed by atoms with Gasteiger partial charge < -0.3 is 0 Å². The molecule has 30 heavy (non-hydrogen) atoms.